The van der Waals surface area contributed by atoms with Gasteiger partial charge in [-0.25, -0.2) is 0 Å². The Hall–Kier alpha value is -2.91. The smallest absolute Gasteiger partial charge is 0.246 e. The number of likely N-dealkylation sites (tertiary alicyclic amines) is 1. The van der Waals surface area contributed by atoms with E-state index < -0.39 is 29.9 Å². The SMILES string of the molecule is NC(=O)[C@@H]1CCCN1C(=O)[C@H](Cc1ccn[nH]1)NC(=O)[C@@H]1CCC(=O)N1. The van der Waals surface area contributed by atoms with E-state index in [1.165, 1.54) is 4.90 Å². The maximum absolute atomic E-state index is 13.0. The fourth-order valence-electron chi connectivity index (χ4n) is 3.43. The molecular formula is C16H22N6O4. The third-order valence-electron chi connectivity index (χ3n) is 4.77. The Balaban J connectivity index is 1.74. The zero-order valence-corrected chi connectivity index (χ0v) is 14.2. The maximum Gasteiger partial charge on any atom is 0.246 e. The van der Waals surface area contributed by atoms with Gasteiger partial charge < -0.3 is 21.3 Å². The highest BCUT2D eigenvalue weighted by molar-refractivity contribution is 5.95. The van der Waals surface area contributed by atoms with Crippen molar-refractivity contribution in [3.63, 3.8) is 0 Å². The lowest BCUT2D eigenvalue weighted by Gasteiger charge is -2.28. The predicted octanol–water partition coefficient (Wildman–Crippen LogP) is -1.81. The standard InChI is InChI=1S/C16H22N6O4/c17-14(24)12-2-1-7-22(12)16(26)11(8-9-5-6-18-21-9)20-15(25)10-3-4-13(23)19-10/h5-6,10-12H,1-4,7-8H2,(H2,17,24)(H,18,21)(H,19,23)(H,20,25)/t10-,11-,12-/m0/s1. The topological polar surface area (TPSA) is 150 Å². The van der Waals surface area contributed by atoms with E-state index in [-0.39, 0.29) is 24.7 Å². The van der Waals surface area contributed by atoms with Crippen molar-refractivity contribution in [3.05, 3.63) is 18.0 Å². The lowest BCUT2D eigenvalue weighted by Crippen LogP contribution is -2.56. The lowest BCUT2D eigenvalue weighted by molar-refractivity contribution is -0.140. The second kappa shape index (κ2) is 7.54. The molecule has 1 aromatic rings. The minimum Gasteiger partial charge on any atom is -0.368 e. The molecule has 2 aliphatic heterocycles. The predicted molar refractivity (Wildman–Crippen MR) is 89.3 cm³/mol. The average Bonchev–Trinajstić information content (AvgIpc) is 3.34. The molecule has 0 radical (unpaired) electrons. The molecule has 0 saturated carbocycles. The van der Waals surface area contributed by atoms with Crippen molar-refractivity contribution in [2.24, 2.45) is 5.73 Å². The average molecular weight is 362 g/mol. The Morgan fingerprint density at radius 2 is 2.19 bits per heavy atom. The minimum atomic E-state index is -0.875. The van der Waals surface area contributed by atoms with Gasteiger partial charge in [0, 0.05) is 31.3 Å². The molecule has 3 atom stereocenters. The van der Waals surface area contributed by atoms with Crippen LogP contribution in [0.1, 0.15) is 31.4 Å². The Morgan fingerprint density at radius 1 is 1.38 bits per heavy atom. The number of hydrogen-bond donors (Lipinski definition) is 4. The number of hydrogen-bond acceptors (Lipinski definition) is 5. The number of nitrogens with one attached hydrogen (secondary N) is 3. The van der Waals surface area contributed by atoms with Gasteiger partial charge in [0.15, 0.2) is 0 Å². The molecule has 140 valence electrons. The Kier molecular flexibility index (Phi) is 5.19. The summed E-state index contributed by atoms with van der Waals surface area (Å²) in [4.78, 5) is 49.8. The number of nitrogens with two attached hydrogens (primary N) is 1. The van der Waals surface area contributed by atoms with Crippen LogP contribution in [0.2, 0.25) is 0 Å². The molecule has 0 spiro atoms. The number of amides is 4. The van der Waals surface area contributed by atoms with Gasteiger partial charge in [0.1, 0.15) is 18.1 Å². The minimum absolute atomic E-state index is 0.185. The van der Waals surface area contributed by atoms with E-state index in [1.807, 2.05) is 0 Å². The van der Waals surface area contributed by atoms with Crippen LogP contribution in [0.3, 0.4) is 0 Å². The van der Waals surface area contributed by atoms with Crippen LogP contribution in [0.4, 0.5) is 0 Å². The van der Waals surface area contributed by atoms with Gasteiger partial charge in [-0.2, -0.15) is 5.10 Å². The second-order valence-corrected chi connectivity index (χ2v) is 6.60. The number of aromatic nitrogens is 2. The van der Waals surface area contributed by atoms with Crippen molar-refractivity contribution in [2.75, 3.05) is 6.54 Å². The van der Waals surface area contributed by atoms with Gasteiger partial charge in [-0.1, -0.05) is 0 Å². The summed E-state index contributed by atoms with van der Waals surface area (Å²) in [5, 5.41) is 11.9. The number of aromatic amines is 1. The largest absolute Gasteiger partial charge is 0.368 e. The molecule has 4 amide bonds. The van der Waals surface area contributed by atoms with E-state index in [4.69, 9.17) is 5.73 Å². The van der Waals surface area contributed by atoms with Gasteiger partial charge in [0.2, 0.25) is 23.6 Å². The van der Waals surface area contributed by atoms with Crippen LogP contribution in [0.5, 0.6) is 0 Å². The summed E-state index contributed by atoms with van der Waals surface area (Å²) in [6.45, 7) is 0.419. The van der Waals surface area contributed by atoms with Gasteiger partial charge >= 0.3 is 0 Å². The van der Waals surface area contributed by atoms with Gasteiger partial charge in [-0.15, -0.1) is 0 Å². The van der Waals surface area contributed by atoms with Crippen LogP contribution in [0.15, 0.2) is 12.3 Å². The molecule has 10 heteroatoms. The molecule has 0 aliphatic carbocycles. The summed E-state index contributed by atoms with van der Waals surface area (Å²) in [6.07, 6.45) is 3.63. The van der Waals surface area contributed by atoms with E-state index in [2.05, 4.69) is 20.8 Å². The second-order valence-electron chi connectivity index (χ2n) is 6.60. The van der Waals surface area contributed by atoms with Crippen LogP contribution in [-0.4, -0.2) is 63.4 Å². The number of carbonyl (C=O) groups is 4. The molecule has 3 heterocycles. The summed E-state index contributed by atoms with van der Waals surface area (Å²) in [7, 11) is 0. The number of primary amides is 1. The van der Waals surface area contributed by atoms with Gasteiger partial charge in [0.05, 0.1) is 0 Å². The summed E-state index contributed by atoms with van der Waals surface area (Å²) in [5.41, 5.74) is 6.07. The number of carbonyl (C=O) groups excluding carboxylic acids is 4. The van der Waals surface area contributed by atoms with Crippen molar-refractivity contribution in [2.45, 2.75) is 50.2 Å². The van der Waals surface area contributed by atoms with Crippen LogP contribution < -0.4 is 16.4 Å². The highest BCUT2D eigenvalue weighted by atomic mass is 16.2. The zero-order valence-electron chi connectivity index (χ0n) is 14.2. The molecule has 2 fully saturated rings. The molecule has 5 N–H and O–H groups in total. The first-order valence-electron chi connectivity index (χ1n) is 8.63. The highest BCUT2D eigenvalue weighted by Gasteiger charge is 2.38. The van der Waals surface area contributed by atoms with Crippen molar-refractivity contribution >= 4 is 23.6 Å². The molecule has 10 nitrogen and oxygen atoms in total. The quantitative estimate of drug-likeness (QED) is 0.470. The molecule has 1 aromatic heterocycles. The fourth-order valence-corrected chi connectivity index (χ4v) is 3.43. The van der Waals surface area contributed by atoms with E-state index in [0.29, 0.717) is 31.5 Å². The first-order chi connectivity index (χ1) is 12.5. The van der Waals surface area contributed by atoms with Crippen LogP contribution in [-0.2, 0) is 25.6 Å². The van der Waals surface area contributed by atoms with Crippen molar-refractivity contribution in [1.29, 1.82) is 0 Å². The Bertz CT molecular complexity index is 704. The maximum atomic E-state index is 13.0. The zero-order chi connectivity index (χ0) is 18.7. The molecule has 0 unspecified atom stereocenters. The number of H-pyrrole nitrogens is 1. The van der Waals surface area contributed by atoms with Gasteiger partial charge in [0.25, 0.3) is 0 Å². The number of rotatable bonds is 6. The summed E-state index contributed by atoms with van der Waals surface area (Å²) in [5.74, 6) is -1.51. The monoisotopic (exact) mass is 362 g/mol. The summed E-state index contributed by atoms with van der Waals surface area (Å²) >= 11 is 0. The third kappa shape index (κ3) is 3.84. The van der Waals surface area contributed by atoms with Gasteiger partial charge in [-0.05, 0) is 25.3 Å². The molecule has 2 aliphatic rings. The van der Waals surface area contributed by atoms with Crippen LogP contribution >= 0.6 is 0 Å². The van der Waals surface area contributed by atoms with E-state index in [9.17, 15) is 19.2 Å². The summed E-state index contributed by atoms with van der Waals surface area (Å²) < 4.78 is 0. The Labute approximate surface area is 149 Å². The highest BCUT2D eigenvalue weighted by Crippen LogP contribution is 2.19. The molecule has 2 saturated heterocycles. The van der Waals surface area contributed by atoms with Crippen molar-refractivity contribution in [3.8, 4) is 0 Å². The molecule has 0 aromatic carbocycles. The molecule has 26 heavy (non-hydrogen) atoms. The first-order valence-corrected chi connectivity index (χ1v) is 8.63. The molecular weight excluding hydrogens is 340 g/mol. The van der Waals surface area contributed by atoms with E-state index in [0.717, 1.165) is 0 Å². The number of nitrogens with zero attached hydrogens (tertiary/aromatic N) is 2. The van der Waals surface area contributed by atoms with E-state index >= 15 is 0 Å². The molecule has 0 bridgehead atoms. The van der Waals surface area contributed by atoms with Crippen LogP contribution in [0.25, 0.3) is 0 Å². The van der Waals surface area contributed by atoms with Crippen molar-refractivity contribution in [1.82, 2.24) is 25.7 Å². The van der Waals surface area contributed by atoms with E-state index in [1.54, 1.807) is 12.3 Å². The normalized spacial score (nSPS) is 23.5. The van der Waals surface area contributed by atoms with Crippen molar-refractivity contribution < 1.29 is 19.2 Å². The van der Waals surface area contributed by atoms with Crippen LogP contribution in [0, 0.1) is 0 Å². The first kappa shape index (κ1) is 17.9. The molecule has 3 rings (SSSR count). The Morgan fingerprint density at radius 3 is 2.81 bits per heavy atom. The summed E-state index contributed by atoms with van der Waals surface area (Å²) in [6, 6.07) is -0.473. The third-order valence-corrected chi connectivity index (χ3v) is 4.77. The van der Waals surface area contributed by atoms with Gasteiger partial charge in [-0.3, -0.25) is 24.3 Å². The lowest BCUT2D eigenvalue weighted by atomic mass is 10.1. The fraction of sp³-hybridized carbons (Fsp3) is 0.562.